The second-order valence-electron chi connectivity index (χ2n) is 6.60. The van der Waals surface area contributed by atoms with Crippen LogP contribution in [0.5, 0.6) is 5.75 Å². The Balaban J connectivity index is 1.46. The highest BCUT2D eigenvalue weighted by atomic mass is 35.5. The minimum Gasteiger partial charge on any atom is -0.489 e. The maximum Gasteiger partial charge on any atom is 0.273 e. The third-order valence-corrected chi connectivity index (χ3v) is 5.77. The van der Waals surface area contributed by atoms with Crippen molar-refractivity contribution in [2.45, 2.75) is 19.4 Å². The molecule has 4 rings (SSSR count). The summed E-state index contributed by atoms with van der Waals surface area (Å²) in [5, 5.41) is 2.97. The van der Waals surface area contributed by atoms with E-state index in [1.54, 1.807) is 29.6 Å². The maximum atomic E-state index is 13.2. The Morgan fingerprint density at radius 1 is 1.21 bits per heavy atom. The predicted octanol–water partition coefficient (Wildman–Crippen LogP) is 5.42. The average molecular weight is 417 g/mol. The molecule has 0 bridgehead atoms. The van der Waals surface area contributed by atoms with Gasteiger partial charge in [-0.3, -0.25) is 4.79 Å². The first-order valence-corrected chi connectivity index (χ1v) is 10.3. The molecule has 2 aromatic carbocycles. The lowest BCUT2D eigenvalue weighted by atomic mass is 10.2. The van der Waals surface area contributed by atoms with Crippen LogP contribution in [0.1, 0.15) is 28.9 Å². The van der Waals surface area contributed by atoms with Crippen molar-refractivity contribution in [1.82, 2.24) is 9.88 Å². The molecule has 2 heterocycles. The normalized spacial score (nSPS) is 13.7. The van der Waals surface area contributed by atoms with Gasteiger partial charge < -0.3 is 9.64 Å². The summed E-state index contributed by atoms with van der Waals surface area (Å²) in [6.07, 6.45) is 2.09. The van der Waals surface area contributed by atoms with Crippen molar-refractivity contribution in [3.05, 3.63) is 69.9 Å². The lowest BCUT2D eigenvalue weighted by Gasteiger charge is -2.12. The van der Waals surface area contributed by atoms with Crippen LogP contribution >= 0.6 is 22.9 Å². The molecule has 0 N–H and O–H groups in total. The SMILES string of the molecule is O=C(c1csc(-c2ccc(OCc3cccc(F)c3)cc2Cl)n1)N1CCCC1. The highest BCUT2D eigenvalue weighted by Crippen LogP contribution is 2.33. The van der Waals surface area contributed by atoms with Gasteiger partial charge in [0.25, 0.3) is 5.91 Å². The number of likely N-dealkylation sites (tertiary alicyclic amines) is 1. The Labute approximate surface area is 171 Å². The molecular weight excluding hydrogens is 399 g/mol. The molecule has 1 aliphatic heterocycles. The number of carbonyl (C=O) groups is 1. The number of hydrogen-bond donors (Lipinski definition) is 0. The van der Waals surface area contributed by atoms with Crippen molar-refractivity contribution >= 4 is 28.8 Å². The minimum atomic E-state index is -0.294. The van der Waals surface area contributed by atoms with E-state index in [0.29, 0.717) is 21.5 Å². The number of aromatic nitrogens is 1. The lowest BCUT2D eigenvalue weighted by molar-refractivity contribution is 0.0788. The first-order valence-electron chi connectivity index (χ1n) is 9.02. The fourth-order valence-electron chi connectivity index (χ4n) is 3.13. The van der Waals surface area contributed by atoms with Crippen LogP contribution < -0.4 is 4.74 Å². The monoisotopic (exact) mass is 416 g/mol. The molecule has 0 aliphatic carbocycles. The van der Waals surface area contributed by atoms with Crippen molar-refractivity contribution in [3.8, 4) is 16.3 Å². The molecule has 7 heteroatoms. The van der Waals surface area contributed by atoms with Crippen molar-refractivity contribution < 1.29 is 13.9 Å². The molecule has 1 saturated heterocycles. The second-order valence-corrected chi connectivity index (χ2v) is 7.86. The zero-order valence-corrected chi connectivity index (χ0v) is 16.6. The molecule has 3 aromatic rings. The third kappa shape index (κ3) is 4.18. The fraction of sp³-hybridized carbons (Fsp3) is 0.238. The molecule has 0 radical (unpaired) electrons. The van der Waals surface area contributed by atoms with Gasteiger partial charge in [0.1, 0.15) is 28.9 Å². The third-order valence-electron chi connectivity index (χ3n) is 4.58. The van der Waals surface area contributed by atoms with Crippen molar-refractivity contribution in [3.63, 3.8) is 0 Å². The van der Waals surface area contributed by atoms with Crippen molar-refractivity contribution in [2.75, 3.05) is 13.1 Å². The van der Waals surface area contributed by atoms with Gasteiger partial charge in [-0.05, 0) is 48.7 Å². The van der Waals surface area contributed by atoms with E-state index in [1.165, 1.54) is 23.5 Å². The summed E-state index contributed by atoms with van der Waals surface area (Å²) in [6, 6.07) is 11.6. The summed E-state index contributed by atoms with van der Waals surface area (Å²) in [6.45, 7) is 1.84. The topological polar surface area (TPSA) is 42.4 Å². The van der Waals surface area contributed by atoms with E-state index in [-0.39, 0.29) is 18.3 Å². The molecule has 0 atom stereocenters. The van der Waals surface area contributed by atoms with E-state index < -0.39 is 0 Å². The summed E-state index contributed by atoms with van der Waals surface area (Å²) >= 11 is 7.81. The molecule has 0 spiro atoms. The Hall–Kier alpha value is -2.44. The Morgan fingerprint density at radius 2 is 2.04 bits per heavy atom. The second kappa shape index (κ2) is 8.29. The maximum absolute atomic E-state index is 13.2. The molecule has 0 unspecified atom stereocenters. The smallest absolute Gasteiger partial charge is 0.273 e. The number of rotatable bonds is 5. The molecular formula is C21H18ClFN2O2S. The molecule has 1 aliphatic rings. The van der Waals surface area contributed by atoms with Crippen LogP contribution in [0.25, 0.3) is 10.6 Å². The molecule has 4 nitrogen and oxygen atoms in total. The van der Waals surface area contributed by atoms with Gasteiger partial charge >= 0.3 is 0 Å². The van der Waals surface area contributed by atoms with Gasteiger partial charge in [-0.2, -0.15) is 0 Å². The van der Waals surface area contributed by atoms with E-state index in [0.717, 1.165) is 37.1 Å². The van der Waals surface area contributed by atoms with E-state index in [1.807, 2.05) is 11.0 Å². The van der Waals surface area contributed by atoms with Gasteiger partial charge in [0.2, 0.25) is 0 Å². The van der Waals surface area contributed by atoms with Crippen molar-refractivity contribution in [2.24, 2.45) is 0 Å². The van der Waals surface area contributed by atoms with Crippen LogP contribution in [0.4, 0.5) is 4.39 Å². The quantitative estimate of drug-likeness (QED) is 0.557. The van der Waals surface area contributed by atoms with Gasteiger partial charge in [-0.1, -0.05) is 23.7 Å². The molecule has 0 saturated carbocycles. The summed E-state index contributed by atoms with van der Waals surface area (Å²) in [5.41, 5.74) is 1.96. The van der Waals surface area contributed by atoms with E-state index in [9.17, 15) is 9.18 Å². The molecule has 28 heavy (non-hydrogen) atoms. The van der Waals surface area contributed by atoms with Crippen LogP contribution in [-0.2, 0) is 6.61 Å². The Morgan fingerprint density at radius 3 is 2.79 bits per heavy atom. The summed E-state index contributed by atoms with van der Waals surface area (Å²) in [4.78, 5) is 18.8. The largest absolute Gasteiger partial charge is 0.489 e. The average Bonchev–Trinajstić information content (AvgIpc) is 3.38. The van der Waals surface area contributed by atoms with Gasteiger partial charge in [0.05, 0.1) is 5.02 Å². The van der Waals surface area contributed by atoms with Crippen LogP contribution in [0.15, 0.2) is 47.8 Å². The Bertz CT molecular complexity index is 1000. The van der Waals surface area contributed by atoms with Crippen LogP contribution in [0, 0.1) is 5.82 Å². The number of amides is 1. The number of hydrogen-bond acceptors (Lipinski definition) is 4. The summed E-state index contributed by atoms with van der Waals surface area (Å²) < 4.78 is 18.9. The highest BCUT2D eigenvalue weighted by Gasteiger charge is 2.22. The number of halogens is 2. The lowest BCUT2D eigenvalue weighted by Crippen LogP contribution is -2.27. The molecule has 144 valence electrons. The van der Waals surface area contributed by atoms with Crippen molar-refractivity contribution in [1.29, 1.82) is 0 Å². The molecule has 1 aromatic heterocycles. The number of carbonyl (C=O) groups excluding carboxylic acids is 1. The number of ether oxygens (including phenoxy) is 1. The summed E-state index contributed by atoms with van der Waals surface area (Å²) in [5.74, 6) is 0.270. The highest BCUT2D eigenvalue weighted by molar-refractivity contribution is 7.13. The number of thiazole rings is 1. The van der Waals surface area contributed by atoms with Gasteiger partial charge in [0, 0.05) is 24.0 Å². The number of benzene rings is 2. The molecule has 1 amide bonds. The zero-order valence-electron chi connectivity index (χ0n) is 15.0. The first kappa shape index (κ1) is 18.9. The number of nitrogens with zero attached hydrogens (tertiary/aromatic N) is 2. The van der Waals surface area contributed by atoms with Gasteiger partial charge in [0.15, 0.2) is 0 Å². The zero-order chi connectivity index (χ0) is 19.5. The van der Waals surface area contributed by atoms with Gasteiger partial charge in [-0.15, -0.1) is 11.3 Å². The Kier molecular flexibility index (Phi) is 5.59. The van der Waals surface area contributed by atoms with Crippen LogP contribution in [0.2, 0.25) is 5.02 Å². The van der Waals surface area contributed by atoms with Gasteiger partial charge in [-0.25, -0.2) is 9.37 Å². The standard InChI is InChI=1S/C21H18ClFN2O2S/c22-18-11-16(27-12-14-4-3-5-15(23)10-14)6-7-17(18)20-24-19(13-28-20)21(26)25-8-1-2-9-25/h3-7,10-11,13H,1-2,8-9,12H2. The van der Waals surface area contributed by atoms with E-state index >= 15 is 0 Å². The van der Waals surface area contributed by atoms with Crippen LogP contribution in [-0.4, -0.2) is 28.9 Å². The molecule has 1 fully saturated rings. The minimum absolute atomic E-state index is 0.0221. The fourth-order valence-corrected chi connectivity index (χ4v) is 4.28. The first-order chi connectivity index (χ1) is 13.6. The summed E-state index contributed by atoms with van der Waals surface area (Å²) in [7, 11) is 0. The van der Waals surface area contributed by atoms with E-state index in [4.69, 9.17) is 16.3 Å². The van der Waals surface area contributed by atoms with Crippen LogP contribution in [0.3, 0.4) is 0 Å². The predicted molar refractivity (Wildman–Crippen MR) is 108 cm³/mol. The van der Waals surface area contributed by atoms with E-state index in [2.05, 4.69) is 4.98 Å².